The molecule has 1 rings (SSSR count). The van der Waals surface area contributed by atoms with Crippen molar-refractivity contribution in [3.8, 4) is 0 Å². The lowest BCUT2D eigenvalue weighted by Crippen LogP contribution is -2.10. The van der Waals surface area contributed by atoms with Crippen LogP contribution in [0.5, 0.6) is 0 Å². The van der Waals surface area contributed by atoms with Gasteiger partial charge in [-0.15, -0.1) is 12.4 Å². The largest absolute Gasteiger partial charge is 0.324 e. The van der Waals surface area contributed by atoms with Crippen molar-refractivity contribution in [3.05, 3.63) is 34.9 Å². The van der Waals surface area contributed by atoms with Crippen LogP contribution in [0, 0.1) is 5.92 Å². The van der Waals surface area contributed by atoms with Gasteiger partial charge in [0.05, 0.1) is 0 Å². The van der Waals surface area contributed by atoms with Crippen molar-refractivity contribution in [1.29, 1.82) is 0 Å². The number of halogens is 2. The predicted molar refractivity (Wildman–Crippen MR) is 69.7 cm³/mol. The van der Waals surface area contributed by atoms with Crippen molar-refractivity contribution >= 4 is 24.0 Å². The quantitative estimate of drug-likeness (QED) is 0.849. The molecule has 1 nitrogen and oxygen atoms in total. The highest BCUT2D eigenvalue weighted by Crippen LogP contribution is 2.20. The third-order valence-corrected chi connectivity index (χ3v) is 2.61. The molecule has 1 aromatic carbocycles. The Bertz CT molecular complexity index is 269. The fourth-order valence-corrected chi connectivity index (χ4v) is 1.52. The van der Waals surface area contributed by atoms with Crippen LogP contribution in [0.1, 0.15) is 38.3 Å². The second-order valence-electron chi connectivity index (χ2n) is 4.13. The van der Waals surface area contributed by atoms with E-state index in [0.29, 0.717) is 5.92 Å². The number of benzene rings is 1. The highest BCUT2D eigenvalue weighted by molar-refractivity contribution is 6.30. The third-order valence-electron chi connectivity index (χ3n) is 2.35. The van der Waals surface area contributed by atoms with E-state index in [4.69, 9.17) is 17.3 Å². The summed E-state index contributed by atoms with van der Waals surface area (Å²) in [5, 5.41) is 0.768. The van der Waals surface area contributed by atoms with Gasteiger partial charge in [0.25, 0.3) is 0 Å². The summed E-state index contributed by atoms with van der Waals surface area (Å²) in [7, 11) is 0. The molecule has 3 heteroatoms. The van der Waals surface area contributed by atoms with Crippen LogP contribution in [0.3, 0.4) is 0 Å². The van der Waals surface area contributed by atoms with E-state index < -0.39 is 0 Å². The topological polar surface area (TPSA) is 26.0 Å². The van der Waals surface area contributed by atoms with Crippen LogP contribution >= 0.6 is 24.0 Å². The van der Waals surface area contributed by atoms with Crippen molar-refractivity contribution in [2.75, 3.05) is 0 Å². The van der Waals surface area contributed by atoms with Gasteiger partial charge < -0.3 is 5.73 Å². The van der Waals surface area contributed by atoms with Gasteiger partial charge in [0.15, 0.2) is 0 Å². The molecule has 0 amide bonds. The van der Waals surface area contributed by atoms with Crippen molar-refractivity contribution in [3.63, 3.8) is 0 Å². The zero-order chi connectivity index (χ0) is 10.6. The maximum atomic E-state index is 6.05. The van der Waals surface area contributed by atoms with E-state index in [9.17, 15) is 0 Å². The van der Waals surface area contributed by atoms with Gasteiger partial charge in [-0.2, -0.15) is 0 Å². The molecule has 0 spiro atoms. The summed E-state index contributed by atoms with van der Waals surface area (Å²) in [5.74, 6) is 0.716. The van der Waals surface area contributed by atoms with Crippen LogP contribution in [0.2, 0.25) is 5.02 Å². The highest BCUT2D eigenvalue weighted by Gasteiger charge is 2.06. The molecule has 0 aliphatic carbocycles. The minimum atomic E-state index is 0. The third kappa shape index (κ3) is 5.41. The predicted octanol–water partition coefficient (Wildman–Crippen LogP) is 4.20. The van der Waals surface area contributed by atoms with Gasteiger partial charge in [0, 0.05) is 11.1 Å². The van der Waals surface area contributed by atoms with E-state index in [0.717, 1.165) is 11.4 Å². The van der Waals surface area contributed by atoms with Gasteiger partial charge in [-0.3, -0.25) is 0 Å². The summed E-state index contributed by atoms with van der Waals surface area (Å²) < 4.78 is 0. The Labute approximate surface area is 103 Å². The smallest absolute Gasteiger partial charge is 0.0406 e. The molecule has 0 bridgehead atoms. The van der Waals surface area contributed by atoms with Crippen LogP contribution in [-0.4, -0.2) is 0 Å². The Morgan fingerprint density at radius 1 is 1.13 bits per heavy atom. The number of rotatable bonds is 4. The first kappa shape index (κ1) is 14.8. The molecule has 0 aromatic heterocycles. The Balaban J connectivity index is 0.00000196. The van der Waals surface area contributed by atoms with E-state index in [1.165, 1.54) is 12.0 Å². The Kier molecular flexibility index (Phi) is 6.99. The minimum Gasteiger partial charge on any atom is -0.324 e. The van der Waals surface area contributed by atoms with Crippen LogP contribution in [0.4, 0.5) is 0 Å². The summed E-state index contributed by atoms with van der Waals surface area (Å²) >= 11 is 5.80. The lowest BCUT2D eigenvalue weighted by Gasteiger charge is -2.13. The van der Waals surface area contributed by atoms with Gasteiger partial charge in [0.2, 0.25) is 0 Å². The molecule has 0 saturated heterocycles. The lowest BCUT2D eigenvalue weighted by atomic mass is 9.98. The lowest BCUT2D eigenvalue weighted by molar-refractivity contribution is 0.507. The molecule has 0 heterocycles. The van der Waals surface area contributed by atoms with Gasteiger partial charge in [-0.1, -0.05) is 37.6 Å². The van der Waals surface area contributed by atoms with E-state index in [-0.39, 0.29) is 18.4 Å². The molecule has 0 saturated carbocycles. The average Bonchev–Trinajstić information content (AvgIpc) is 2.15. The molecule has 0 unspecified atom stereocenters. The Hall–Kier alpha value is -0.240. The monoisotopic (exact) mass is 247 g/mol. The van der Waals surface area contributed by atoms with Crippen molar-refractivity contribution < 1.29 is 0 Å². The zero-order valence-electron chi connectivity index (χ0n) is 9.24. The molecule has 1 aromatic rings. The molecule has 0 aliphatic rings. The maximum Gasteiger partial charge on any atom is 0.0406 e. The van der Waals surface area contributed by atoms with Gasteiger partial charge in [-0.25, -0.2) is 0 Å². The maximum absolute atomic E-state index is 6.05. The zero-order valence-corrected chi connectivity index (χ0v) is 10.8. The second kappa shape index (κ2) is 7.10. The first-order valence-corrected chi connectivity index (χ1v) is 5.48. The fraction of sp³-hybridized carbons (Fsp3) is 0.500. The van der Waals surface area contributed by atoms with E-state index in [2.05, 4.69) is 13.8 Å². The Morgan fingerprint density at radius 3 is 2.13 bits per heavy atom. The summed E-state index contributed by atoms with van der Waals surface area (Å²) in [6, 6.07) is 7.95. The van der Waals surface area contributed by atoms with Gasteiger partial charge in [-0.05, 0) is 36.5 Å². The first-order chi connectivity index (χ1) is 6.59. The average molecular weight is 248 g/mol. The van der Waals surface area contributed by atoms with E-state index in [1.807, 2.05) is 24.3 Å². The molecular formula is C12H19Cl2N. The fourth-order valence-electron chi connectivity index (χ4n) is 1.39. The summed E-state index contributed by atoms with van der Waals surface area (Å²) in [6.07, 6.45) is 2.21. The summed E-state index contributed by atoms with van der Waals surface area (Å²) in [5.41, 5.74) is 7.23. The molecule has 0 radical (unpaired) electrons. The molecule has 0 aliphatic heterocycles. The molecule has 15 heavy (non-hydrogen) atoms. The van der Waals surface area contributed by atoms with Crippen molar-refractivity contribution in [1.82, 2.24) is 0 Å². The minimum absolute atomic E-state index is 0. The SMILES string of the molecule is CC(C)CC[C@@H](N)c1ccc(Cl)cc1.Cl. The highest BCUT2D eigenvalue weighted by atomic mass is 35.5. The van der Waals surface area contributed by atoms with Crippen molar-refractivity contribution in [2.45, 2.75) is 32.7 Å². The Morgan fingerprint density at radius 2 is 1.67 bits per heavy atom. The molecular weight excluding hydrogens is 229 g/mol. The molecule has 0 fully saturated rings. The number of hydrogen-bond acceptors (Lipinski definition) is 1. The van der Waals surface area contributed by atoms with E-state index in [1.54, 1.807) is 0 Å². The van der Waals surface area contributed by atoms with Gasteiger partial charge >= 0.3 is 0 Å². The standard InChI is InChI=1S/C12H18ClN.ClH/c1-9(2)3-8-12(14)10-4-6-11(13)7-5-10;/h4-7,9,12H,3,8,14H2,1-2H3;1H/t12-;/m1./s1. The number of nitrogens with two attached hydrogens (primary N) is 1. The second-order valence-corrected chi connectivity index (χ2v) is 4.57. The number of hydrogen-bond donors (Lipinski definition) is 1. The molecule has 2 N–H and O–H groups in total. The van der Waals surface area contributed by atoms with Crippen LogP contribution in [0.25, 0.3) is 0 Å². The van der Waals surface area contributed by atoms with Crippen LogP contribution in [0.15, 0.2) is 24.3 Å². The molecule has 1 atom stereocenters. The van der Waals surface area contributed by atoms with Crippen LogP contribution < -0.4 is 5.73 Å². The van der Waals surface area contributed by atoms with Crippen LogP contribution in [-0.2, 0) is 0 Å². The normalized spacial score (nSPS) is 12.3. The summed E-state index contributed by atoms with van der Waals surface area (Å²) in [6.45, 7) is 4.43. The first-order valence-electron chi connectivity index (χ1n) is 5.10. The van der Waals surface area contributed by atoms with Crippen molar-refractivity contribution in [2.24, 2.45) is 11.7 Å². The van der Waals surface area contributed by atoms with E-state index >= 15 is 0 Å². The molecule has 86 valence electrons. The van der Waals surface area contributed by atoms with Gasteiger partial charge in [0.1, 0.15) is 0 Å². The summed E-state index contributed by atoms with van der Waals surface area (Å²) in [4.78, 5) is 0.